The minimum atomic E-state index is 0.750. The van der Waals surface area contributed by atoms with Crippen LogP contribution in [0.25, 0.3) is 0 Å². The second-order valence-electron chi connectivity index (χ2n) is 1.09. The number of carbonyl (C=O) groups excluding carboxylic acids is 1. The molecule has 0 radical (unpaired) electrons. The fraction of sp³-hybridized carbons (Fsp3) is 0.800. The van der Waals surface area contributed by atoms with Crippen molar-refractivity contribution in [2.45, 2.75) is 13.3 Å². The molecule has 3 heteroatoms. The van der Waals surface area contributed by atoms with Crippen LogP contribution < -0.4 is 0 Å². The molecule has 0 fully saturated rings. The van der Waals surface area contributed by atoms with Gasteiger partial charge in [0, 0.05) is 0 Å². The molecular formula is C5H11NOS. The number of thioether (sulfide) groups is 1. The van der Waals surface area contributed by atoms with E-state index in [4.69, 9.17) is 10.2 Å². The number of hydrogen-bond donors (Lipinski definition) is 1. The summed E-state index contributed by atoms with van der Waals surface area (Å²) in [6.07, 6.45) is 4.19. The van der Waals surface area contributed by atoms with Crippen molar-refractivity contribution in [3.8, 4) is 0 Å². The van der Waals surface area contributed by atoms with Gasteiger partial charge in [-0.05, 0) is 18.4 Å². The molecule has 0 aliphatic heterocycles. The molecule has 2 nitrogen and oxygen atoms in total. The molecule has 0 aliphatic carbocycles. The summed E-state index contributed by atoms with van der Waals surface area (Å²) in [5.74, 6) is 1.31. The molecule has 0 unspecified atom stereocenters. The summed E-state index contributed by atoms with van der Waals surface area (Å²) in [6, 6.07) is 0. The molecule has 0 saturated carbocycles. The predicted octanol–water partition coefficient (Wildman–Crippen LogP) is 1.66. The Kier molecular flexibility index (Phi) is 21.2. The Morgan fingerprint density at radius 3 is 2.12 bits per heavy atom. The predicted molar refractivity (Wildman–Crippen MR) is 37.1 cm³/mol. The van der Waals surface area contributed by atoms with Gasteiger partial charge in [0.25, 0.3) is 0 Å². The van der Waals surface area contributed by atoms with Crippen LogP contribution in [0.4, 0.5) is 0 Å². The van der Waals surface area contributed by atoms with Gasteiger partial charge in [0.1, 0.15) is 0 Å². The molecule has 0 bridgehead atoms. The maximum atomic E-state index is 8.35. The van der Waals surface area contributed by atoms with Crippen molar-refractivity contribution in [3.05, 3.63) is 0 Å². The van der Waals surface area contributed by atoms with Crippen LogP contribution in [-0.2, 0) is 4.79 Å². The zero-order valence-corrected chi connectivity index (χ0v) is 6.05. The van der Waals surface area contributed by atoms with E-state index in [0.717, 1.165) is 6.08 Å². The monoisotopic (exact) mass is 133 g/mol. The Labute approximate surface area is 54.2 Å². The highest BCUT2D eigenvalue weighted by molar-refractivity contribution is 7.98. The van der Waals surface area contributed by atoms with Crippen LogP contribution in [0.2, 0.25) is 0 Å². The number of rotatable bonds is 2. The summed E-state index contributed by atoms with van der Waals surface area (Å²) in [5.41, 5.74) is 0. The first kappa shape index (κ1) is 10.7. The van der Waals surface area contributed by atoms with Crippen LogP contribution in [0.1, 0.15) is 13.3 Å². The van der Waals surface area contributed by atoms with E-state index in [1.807, 2.05) is 11.8 Å². The molecule has 1 N–H and O–H groups in total. The van der Waals surface area contributed by atoms with E-state index in [0.29, 0.717) is 0 Å². The molecule has 0 aromatic carbocycles. The highest BCUT2D eigenvalue weighted by Crippen LogP contribution is 1.91. The van der Waals surface area contributed by atoms with Crippen molar-refractivity contribution in [2.24, 2.45) is 0 Å². The molecule has 0 atom stereocenters. The van der Waals surface area contributed by atoms with E-state index in [-0.39, 0.29) is 0 Å². The largest absolute Gasteiger partial charge is 0.231 e. The van der Waals surface area contributed by atoms with Crippen molar-refractivity contribution >= 4 is 17.8 Å². The lowest BCUT2D eigenvalue weighted by Gasteiger charge is -1.80. The van der Waals surface area contributed by atoms with E-state index in [1.54, 1.807) is 0 Å². The quantitative estimate of drug-likeness (QED) is 0.459. The van der Waals surface area contributed by atoms with Crippen LogP contribution in [0.5, 0.6) is 0 Å². The second kappa shape index (κ2) is 15.9. The lowest BCUT2D eigenvalue weighted by atomic mass is 10.6. The Bertz CT molecular complexity index is 57.4. The van der Waals surface area contributed by atoms with Crippen LogP contribution in [0.3, 0.4) is 0 Å². The molecule has 0 rings (SSSR count). The van der Waals surface area contributed by atoms with Gasteiger partial charge in [-0.2, -0.15) is 11.8 Å². The van der Waals surface area contributed by atoms with Crippen molar-refractivity contribution in [3.63, 3.8) is 0 Å². The van der Waals surface area contributed by atoms with Gasteiger partial charge < -0.3 is 0 Å². The van der Waals surface area contributed by atoms with Crippen LogP contribution in [-0.4, -0.2) is 18.1 Å². The topological polar surface area (TPSA) is 40.9 Å². The third-order valence-electron chi connectivity index (χ3n) is 0.408. The summed E-state index contributed by atoms with van der Waals surface area (Å²) >= 11 is 1.90. The standard InChI is InChI=1S/C4H10S.CHNO/c1-3-4-5-2;2-1-3/h3-4H2,1-2H3;2H. The Hall–Kier alpha value is -0.270. The molecule has 0 spiro atoms. The van der Waals surface area contributed by atoms with Gasteiger partial charge >= 0.3 is 0 Å². The molecule has 8 heavy (non-hydrogen) atoms. The van der Waals surface area contributed by atoms with Crippen molar-refractivity contribution in [1.29, 1.82) is 5.41 Å². The van der Waals surface area contributed by atoms with Gasteiger partial charge in [-0.1, -0.05) is 6.92 Å². The molecule has 48 valence electrons. The Morgan fingerprint density at radius 2 is 2.12 bits per heavy atom. The third kappa shape index (κ3) is 42.8. The van der Waals surface area contributed by atoms with Gasteiger partial charge in [0.05, 0.1) is 0 Å². The molecule has 0 aromatic heterocycles. The van der Waals surface area contributed by atoms with Gasteiger partial charge in [0.2, 0.25) is 6.08 Å². The molecular weight excluding hydrogens is 122 g/mol. The third-order valence-corrected chi connectivity index (χ3v) is 1.22. The first-order valence-corrected chi connectivity index (χ1v) is 3.75. The van der Waals surface area contributed by atoms with Gasteiger partial charge in [-0.15, -0.1) is 0 Å². The molecule has 0 heterocycles. The number of hydrogen-bond acceptors (Lipinski definition) is 3. The molecule has 0 aliphatic rings. The number of isocyanates is 1. The average molecular weight is 133 g/mol. The number of nitrogens with one attached hydrogen (secondary N) is 1. The maximum Gasteiger partial charge on any atom is 0.231 e. The fourth-order valence-corrected chi connectivity index (χ4v) is 0.612. The summed E-state index contributed by atoms with van der Waals surface area (Å²) in [5, 5.41) is 5.40. The first-order chi connectivity index (χ1) is 3.83. The van der Waals surface area contributed by atoms with Gasteiger partial charge in [-0.25, -0.2) is 10.2 Å². The van der Waals surface area contributed by atoms with Crippen LogP contribution >= 0.6 is 11.8 Å². The smallest absolute Gasteiger partial charge is 0.222 e. The zero-order chi connectivity index (χ0) is 6.83. The van der Waals surface area contributed by atoms with E-state index in [1.165, 1.54) is 12.2 Å². The van der Waals surface area contributed by atoms with Crippen molar-refractivity contribution in [1.82, 2.24) is 0 Å². The Balaban J connectivity index is 0. The summed E-state index contributed by atoms with van der Waals surface area (Å²) in [6.45, 7) is 2.19. The highest BCUT2D eigenvalue weighted by atomic mass is 32.2. The fourth-order valence-electron chi connectivity index (χ4n) is 0.204. The molecule has 0 aromatic rings. The highest BCUT2D eigenvalue weighted by Gasteiger charge is 1.67. The Morgan fingerprint density at radius 1 is 1.75 bits per heavy atom. The van der Waals surface area contributed by atoms with E-state index in [2.05, 4.69) is 13.2 Å². The van der Waals surface area contributed by atoms with E-state index < -0.39 is 0 Å². The minimum Gasteiger partial charge on any atom is -0.222 e. The van der Waals surface area contributed by atoms with Gasteiger partial charge in [0.15, 0.2) is 0 Å². The zero-order valence-electron chi connectivity index (χ0n) is 5.23. The van der Waals surface area contributed by atoms with Crippen molar-refractivity contribution in [2.75, 3.05) is 12.0 Å². The average Bonchev–Trinajstić information content (AvgIpc) is 1.71. The van der Waals surface area contributed by atoms with Gasteiger partial charge in [-0.3, -0.25) is 0 Å². The minimum absolute atomic E-state index is 0.750. The lowest BCUT2D eigenvalue weighted by Crippen LogP contribution is -1.64. The lowest BCUT2D eigenvalue weighted by molar-refractivity contribution is 0.563. The summed E-state index contributed by atoms with van der Waals surface area (Å²) < 4.78 is 0. The van der Waals surface area contributed by atoms with Crippen molar-refractivity contribution < 1.29 is 4.79 Å². The van der Waals surface area contributed by atoms with E-state index in [9.17, 15) is 0 Å². The second-order valence-corrected chi connectivity index (χ2v) is 2.08. The molecule has 0 amide bonds. The van der Waals surface area contributed by atoms with E-state index >= 15 is 0 Å². The first-order valence-electron chi connectivity index (χ1n) is 2.36. The molecule has 0 saturated heterocycles. The SMILES string of the molecule is CCCSC.N=C=O. The normalized spacial score (nSPS) is 6.25. The maximum absolute atomic E-state index is 8.35. The summed E-state index contributed by atoms with van der Waals surface area (Å²) in [4.78, 5) is 8.35. The van der Waals surface area contributed by atoms with Crippen LogP contribution in [0.15, 0.2) is 0 Å². The van der Waals surface area contributed by atoms with Crippen LogP contribution in [0, 0.1) is 5.41 Å². The summed E-state index contributed by atoms with van der Waals surface area (Å²) in [7, 11) is 0.